The Labute approximate surface area is 136 Å². The summed E-state index contributed by atoms with van der Waals surface area (Å²) >= 11 is 5.73. The first-order valence-corrected chi connectivity index (χ1v) is 7.98. The number of rotatable bonds is 2. The van der Waals surface area contributed by atoms with Crippen molar-refractivity contribution in [3.05, 3.63) is 66.2 Å². The van der Waals surface area contributed by atoms with Crippen LogP contribution in [0.5, 0.6) is 0 Å². The van der Waals surface area contributed by atoms with E-state index < -0.39 is 6.10 Å². The average molecular weight is 431 g/mol. The van der Waals surface area contributed by atoms with Crippen LogP contribution < -0.4 is 0 Å². The van der Waals surface area contributed by atoms with E-state index in [1.165, 1.54) is 11.1 Å². The molecular weight excluding hydrogens is 415 g/mol. The minimum Gasteiger partial charge on any atom is -0.384 e. The predicted octanol–water partition coefficient (Wildman–Crippen LogP) is 5.06. The Morgan fingerprint density at radius 1 is 0.947 bits per heavy atom. The summed E-state index contributed by atoms with van der Waals surface area (Å²) in [5.74, 6) is 0. The fraction of sp³-hybridized carbons (Fsp3) is 0.250. The molecule has 1 N–H and O–H groups in total. The summed E-state index contributed by atoms with van der Waals surface area (Å²) in [6.45, 7) is 6.23. The summed E-state index contributed by atoms with van der Waals surface area (Å²) < 4.78 is 2.06. The minimum atomic E-state index is -0.580. The van der Waals surface area contributed by atoms with Gasteiger partial charge in [-0.3, -0.25) is 0 Å². The van der Waals surface area contributed by atoms with E-state index in [1.54, 1.807) is 0 Å². The molecule has 100 valence electrons. The normalized spacial score (nSPS) is 12.5. The Bertz CT molecular complexity index is 622. The van der Waals surface area contributed by atoms with E-state index in [0.29, 0.717) is 0 Å². The fourth-order valence-corrected chi connectivity index (χ4v) is 3.18. The third kappa shape index (κ3) is 3.20. The molecule has 19 heavy (non-hydrogen) atoms. The third-order valence-electron chi connectivity index (χ3n) is 3.43. The Balaban J connectivity index is 2.52. The minimum absolute atomic E-state index is 0.580. The maximum absolute atomic E-state index is 10.7. The van der Waals surface area contributed by atoms with Crippen molar-refractivity contribution >= 4 is 38.5 Å². The van der Waals surface area contributed by atoms with Crippen molar-refractivity contribution in [3.8, 4) is 0 Å². The molecule has 0 bridgehead atoms. The first kappa shape index (κ1) is 15.0. The highest BCUT2D eigenvalue weighted by Gasteiger charge is 2.17. The second kappa shape index (κ2) is 5.94. The fourth-order valence-electron chi connectivity index (χ4n) is 2.17. The number of benzene rings is 2. The van der Waals surface area contributed by atoms with Gasteiger partial charge in [-0.05, 0) is 89.4 Å². The van der Waals surface area contributed by atoms with Gasteiger partial charge in [0, 0.05) is 8.04 Å². The van der Waals surface area contributed by atoms with Crippen LogP contribution in [0.15, 0.2) is 34.8 Å². The number of hydrogen-bond donors (Lipinski definition) is 1. The Morgan fingerprint density at radius 2 is 1.58 bits per heavy atom. The molecule has 0 saturated heterocycles. The van der Waals surface area contributed by atoms with Crippen LogP contribution in [0.4, 0.5) is 0 Å². The summed E-state index contributed by atoms with van der Waals surface area (Å²) in [5, 5.41) is 10.7. The smallest absolute Gasteiger partial charge is 0.105 e. The Kier molecular flexibility index (Phi) is 4.69. The highest BCUT2D eigenvalue weighted by molar-refractivity contribution is 14.1. The zero-order valence-electron chi connectivity index (χ0n) is 11.2. The summed E-state index contributed by atoms with van der Waals surface area (Å²) in [4.78, 5) is 0. The summed E-state index contributed by atoms with van der Waals surface area (Å²) in [7, 11) is 0. The monoisotopic (exact) mass is 430 g/mol. The van der Waals surface area contributed by atoms with Crippen molar-refractivity contribution in [2.75, 3.05) is 0 Å². The molecule has 0 radical (unpaired) electrons. The molecule has 3 heteroatoms. The zero-order valence-corrected chi connectivity index (χ0v) is 14.9. The quantitative estimate of drug-likeness (QED) is 0.660. The standard InChI is InChI=1S/C16H16BrIO/c1-9-6-11(3)13(7-10(9)2)16(19)14-8-12(17)4-5-15(14)18/h4-8,16,19H,1-3H3. The lowest BCUT2D eigenvalue weighted by molar-refractivity contribution is 0.218. The van der Waals surface area contributed by atoms with Gasteiger partial charge in [-0.15, -0.1) is 0 Å². The topological polar surface area (TPSA) is 20.2 Å². The number of halogens is 2. The molecule has 1 unspecified atom stereocenters. The van der Waals surface area contributed by atoms with Crippen molar-refractivity contribution in [1.82, 2.24) is 0 Å². The maximum Gasteiger partial charge on any atom is 0.105 e. The van der Waals surface area contributed by atoms with Crippen molar-refractivity contribution < 1.29 is 5.11 Å². The molecule has 0 amide bonds. The number of aliphatic hydroxyl groups is 1. The number of aliphatic hydroxyl groups excluding tert-OH is 1. The van der Waals surface area contributed by atoms with Crippen LogP contribution in [0.3, 0.4) is 0 Å². The van der Waals surface area contributed by atoms with Gasteiger partial charge >= 0.3 is 0 Å². The second-order valence-corrected chi connectivity index (χ2v) is 6.94. The lowest BCUT2D eigenvalue weighted by Crippen LogP contribution is -2.05. The molecule has 0 saturated carbocycles. The van der Waals surface area contributed by atoms with Crippen molar-refractivity contribution in [3.63, 3.8) is 0 Å². The van der Waals surface area contributed by atoms with Crippen LogP contribution in [-0.2, 0) is 0 Å². The summed E-state index contributed by atoms with van der Waals surface area (Å²) in [6, 6.07) is 10.2. The van der Waals surface area contributed by atoms with Gasteiger partial charge in [0.25, 0.3) is 0 Å². The van der Waals surface area contributed by atoms with Crippen LogP contribution in [-0.4, -0.2) is 5.11 Å². The number of hydrogen-bond acceptors (Lipinski definition) is 1. The predicted molar refractivity (Wildman–Crippen MR) is 91.6 cm³/mol. The average Bonchev–Trinajstić information content (AvgIpc) is 2.36. The molecule has 2 aromatic carbocycles. The SMILES string of the molecule is Cc1cc(C)c(C(O)c2cc(Br)ccc2I)cc1C. The van der Waals surface area contributed by atoms with E-state index in [0.717, 1.165) is 24.7 Å². The van der Waals surface area contributed by atoms with Crippen LogP contribution in [0, 0.1) is 24.3 Å². The lowest BCUT2D eigenvalue weighted by atomic mass is 9.94. The van der Waals surface area contributed by atoms with E-state index in [9.17, 15) is 5.11 Å². The van der Waals surface area contributed by atoms with E-state index >= 15 is 0 Å². The van der Waals surface area contributed by atoms with Crippen LogP contribution in [0.25, 0.3) is 0 Å². The number of aryl methyl sites for hydroxylation is 3. The second-order valence-electron chi connectivity index (χ2n) is 4.86. The molecule has 2 rings (SSSR count). The zero-order chi connectivity index (χ0) is 14.2. The van der Waals surface area contributed by atoms with Gasteiger partial charge in [0.15, 0.2) is 0 Å². The van der Waals surface area contributed by atoms with Crippen LogP contribution in [0.2, 0.25) is 0 Å². The summed E-state index contributed by atoms with van der Waals surface area (Å²) in [6.07, 6.45) is -0.580. The third-order valence-corrected chi connectivity index (χ3v) is 4.91. The van der Waals surface area contributed by atoms with Crippen molar-refractivity contribution in [2.45, 2.75) is 26.9 Å². The Hall–Kier alpha value is -0.390. The van der Waals surface area contributed by atoms with Gasteiger partial charge in [0.1, 0.15) is 6.10 Å². The molecule has 0 aliphatic heterocycles. The molecule has 0 aliphatic carbocycles. The Morgan fingerprint density at radius 3 is 2.26 bits per heavy atom. The molecule has 2 aromatic rings. The largest absolute Gasteiger partial charge is 0.384 e. The van der Waals surface area contributed by atoms with Crippen LogP contribution >= 0.6 is 38.5 Å². The maximum atomic E-state index is 10.7. The van der Waals surface area contributed by atoms with Crippen molar-refractivity contribution in [2.24, 2.45) is 0 Å². The van der Waals surface area contributed by atoms with Gasteiger partial charge in [-0.2, -0.15) is 0 Å². The van der Waals surface area contributed by atoms with Gasteiger partial charge in [-0.25, -0.2) is 0 Å². The van der Waals surface area contributed by atoms with Crippen LogP contribution in [0.1, 0.15) is 33.9 Å². The molecule has 1 atom stereocenters. The summed E-state index contributed by atoms with van der Waals surface area (Å²) in [5.41, 5.74) is 5.54. The van der Waals surface area contributed by atoms with E-state index in [2.05, 4.69) is 71.4 Å². The van der Waals surface area contributed by atoms with Gasteiger partial charge in [0.05, 0.1) is 0 Å². The lowest BCUT2D eigenvalue weighted by Gasteiger charge is -2.18. The van der Waals surface area contributed by atoms with Gasteiger partial charge < -0.3 is 5.11 Å². The molecule has 0 spiro atoms. The van der Waals surface area contributed by atoms with E-state index in [-0.39, 0.29) is 0 Å². The van der Waals surface area contributed by atoms with Gasteiger partial charge in [-0.1, -0.05) is 28.1 Å². The first-order valence-electron chi connectivity index (χ1n) is 6.11. The first-order chi connectivity index (χ1) is 8.90. The van der Waals surface area contributed by atoms with Gasteiger partial charge in [0.2, 0.25) is 0 Å². The van der Waals surface area contributed by atoms with E-state index in [4.69, 9.17) is 0 Å². The molecule has 0 aromatic heterocycles. The molecule has 0 aliphatic rings. The molecular formula is C16H16BrIO. The molecule has 0 heterocycles. The van der Waals surface area contributed by atoms with Crippen molar-refractivity contribution in [1.29, 1.82) is 0 Å². The highest BCUT2D eigenvalue weighted by Crippen LogP contribution is 2.31. The highest BCUT2D eigenvalue weighted by atomic mass is 127. The molecule has 1 nitrogen and oxygen atoms in total. The van der Waals surface area contributed by atoms with E-state index in [1.807, 2.05) is 18.2 Å². The molecule has 0 fully saturated rings.